The highest BCUT2D eigenvalue weighted by Gasteiger charge is 2.30. The van der Waals surface area contributed by atoms with E-state index in [9.17, 15) is 14.0 Å². The van der Waals surface area contributed by atoms with Crippen LogP contribution in [0.15, 0.2) is 64.6 Å². The maximum absolute atomic E-state index is 12.8. The number of hydrazone groups is 1. The first kappa shape index (κ1) is 24.3. The molecule has 2 aromatic carbocycles. The number of carbonyl (C=O) groups excluding carboxylic acids is 2. The molecule has 1 aliphatic rings. The van der Waals surface area contributed by atoms with Crippen LogP contribution in [0.5, 0.6) is 11.5 Å². The average Bonchev–Trinajstić information content (AvgIpc) is 3.42. The van der Waals surface area contributed by atoms with E-state index in [0.717, 1.165) is 16.8 Å². The van der Waals surface area contributed by atoms with Gasteiger partial charge >= 0.3 is 5.24 Å². The minimum absolute atomic E-state index is 0.110. The van der Waals surface area contributed by atoms with Crippen molar-refractivity contribution < 1.29 is 27.9 Å². The van der Waals surface area contributed by atoms with Gasteiger partial charge in [-0.2, -0.15) is 5.10 Å². The molecule has 4 rings (SSSR count). The van der Waals surface area contributed by atoms with Gasteiger partial charge in [0.05, 0.1) is 30.8 Å². The number of rotatable bonds is 9. The molecule has 0 radical (unpaired) electrons. The van der Waals surface area contributed by atoms with E-state index in [2.05, 4.69) is 15.4 Å². The van der Waals surface area contributed by atoms with Gasteiger partial charge in [-0.25, -0.2) is 14.4 Å². The van der Waals surface area contributed by atoms with E-state index in [1.807, 2.05) is 6.92 Å². The van der Waals surface area contributed by atoms with Gasteiger partial charge in [0.2, 0.25) is 12.6 Å². The van der Waals surface area contributed by atoms with Gasteiger partial charge in [0.25, 0.3) is 5.91 Å². The van der Waals surface area contributed by atoms with E-state index < -0.39 is 12.8 Å². The van der Waals surface area contributed by atoms with Gasteiger partial charge < -0.3 is 19.2 Å². The van der Waals surface area contributed by atoms with Crippen LogP contribution >= 0.6 is 11.8 Å². The van der Waals surface area contributed by atoms with Gasteiger partial charge in [0.1, 0.15) is 0 Å². The first-order valence-electron chi connectivity index (χ1n) is 10.7. The molecule has 0 spiro atoms. The molecule has 1 atom stereocenters. The molecule has 1 aromatic heterocycles. The molecule has 2 heterocycles. The molecule has 9 nitrogen and oxygen atoms in total. The topological polar surface area (TPSA) is 106 Å². The van der Waals surface area contributed by atoms with Gasteiger partial charge in [-0.1, -0.05) is 30.8 Å². The Balaban J connectivity index is 1.52. The van der Waals surface area contributed by atoms with Crippen molar-refractivity contribution in [3.8, 4) is 11.5 Å². The first-order chi connectivity index (χ1) is 17.0. The lowest BCUT2D eigenvalue weighted by atomic mass is 10.0. The van der Waals surface area contributed by atoms with Crippen LogP contribution in [0.2, 0.25) is 0 Å². The van der Waals surface area contributed by atoms with Gasteiger partial charge in [-0.3, -0.25) is 9.59 Å². The Kier molecular flexibility index (Phi) is 7.66. The second kappa shape index (κ2) is 11.0. The second-order valence-corrected chi connectivity index (χ2v) is 8.61. The fourth-order valence-corrected chi connectivity index (χ4v) is 4.42. The molecule has 182 valence electrons. The molecule has 1 aliphatic heterocycles. The van der Waals surface area contributed by atoms with E-state index in [1.165, 1.54) is 36.5 Å². The van der Waals surface area contributed by atoms with Crippen LogP contribution in [0, 0.1) is 0 Å². The van der Waals surface area contributed by atoms with Crippen LogP contribution in [0.1, 0.15) is 35.0 Å². The first-order valence-corrected chi connectivity index (χ1v) is 11.6. The molecule has 2 amide bonds. The average molecular weight is 499 g/mol. The second-order valence-electron chi connectivity index (χ2n) is 7.46. The smallest absolute Gasteiger partial charge is 0.302 e. The van der Waals surface area contributed by atoms with Crippen LogP contribution in [-0.4, -0.2) is 46.1 Å². The molecular formula is C24H23FN4O5S. The van der Waals surface area contributed by atoms with Crippen LogP contribution in [0.3, 0.4) is 0 Å². The number of ether oxygens (including phenoxy) is 2. The number of alkyl halides is 1. The number of nitrogens with zero attached hydrogens (tertiary/aromatic N) is 3. The number of nitrogens with one attached hydrogen (secondary N) is 1. The number of hydrogen-bond acceptors (Lipinski definition) is 8. The van der Waals surface area contributed by atoms with Crippen LogP contribution < -0.4 is 14.8 Å². The maximum Gasteiger partial charge on any atom is 0.302 e. The standard InChI is InChI=1S/C24H23FN4O5S/c1-3-21-22(16-6-9-18(33-13-25)19(10-16)32-2)28-29(24(31)35-21)12-15-4-7-17(8-5-15)27-23(30)20-11-26-14-34-20/h4-11,14,21H,3,12-13H2,1-2H3,(H,27,30). The van der Waals surface area contributed by atoms with Crippen molar-refractivity contribution in [3.05, 3.63) is 71.9 Å². The fourth-order valence-electron chi connectivity index (χ4n) is 3.49. The third-order valence-corrected chi connectivity index (χ3v) is 6.48. The Morgan fingerprint density at radius 2 is 2.03 bits per heavy atom. The van der Waals surface area contributed by atoms with Crippen LogP contribution in [0.25, 0.3) is 0 Å². The Morgan fingerprint density at radius 3 is 2.69 bits per heavy atom. The van der Waals surface area contributed by atoms with E-state index in [1.54, 1.807) is 42.5 Å². The summed E-state index contributed by atoms with van der Waals surface area (Å²) in [6.45, 7) is 1.27. The van der Waals surface area contributed by atoms with Crippen molar-refractivity contribution in [2.24, 2.45) is 5.10 Å². The molecule has 1 unspecified atom stereocenters. The van der Waals surface area contributed by atoms with Crippen molar-refractivity contribution in [1.29, 1.82) is 0 Å². The van der Waals surface area contributed by atoms with Crippen molar-refractivity contribution in [1.82, 2.24) is 9.99 Å². The number of hydrogen-bond donors (Lipinski definition) is 1. The maximum atomic E-state index is 12.8. The summed E-state index contributed by atoms with van der Waals surface area (Å²) in [6, 6.07) is 12.2. The number of oxazole rings is 1. The predicted octanol–water partition coefficient (Wildman–Crippen LogP) is 5.09. The summed E-state index contributed by atoms with van der Waals surface area (Å²) >= 11 is 1.21. The summed E-state index contributed by atoms with van der Waals surface area (Å²) in [7, 11) is 1.48. The number of halogens is 1. The van der Waals surface area contributed by atoms with Crippen molar-refractivity contribution in [2.75, 3.05) is 19.3 Å². The monoisotopic (exact) mass is 498 g/mol. The summed E-state index contributed by atoms with van der Waals surface area (Å²) < 4.78 is 27.9. The fraction of sp³-hybridized carbons (Fsp3) is 0.250. The third kappa shape index (κ3) is 5.62. The summed E-state index contributed by atoms with van der Waals surface area (Å²) in [4.78, 5) is 28.6. The van der Waals surface area contributed by atoms with Crippen LogP contribution in [-0.2, 0) is 6.54 Å². The molecule has 1 N–H and O–H groups in total. The number of methoxy groups -OCH3 is 1. The molecule has 0 aliphatic carbocycles. The predicted molar refractivity (Wildman–Crippen MR) is 130 cm³/mol. The normalized spacial score (nSPS) is 15.5. The van der Waals surface area contributed by atoms with E-state index >= 15 is 0 Å². The largest absolute Gasteiger partial charge is 0.493 e. The summed E-state index contributed by atoms with van der Waals surface area (Å²) in [5.41, 5.74) is 2.89. The van der Waals surface area contributed by atoms with Crippen LogP contribution in [0.4, 0.5) is 14.9 Å². The number of carbonyl (C=O) groups is 2. The molecule has 0 saturated heterocycles. The zero-order chi connectivity index (χ0) is 24.8. The van der Waals surface area contributed by atoms with E-state index in [0.29, 0.717) is 23.6 Å². The van der Waals surface area contributed by atoms with Crippen molar-refractivity contribution in [3.63, 3.8) is 0 Å². The highest BCUT2D eigenvalue weighted by atomic mass is 32.2. The SMILES string of the molecule is CCC1SC(=O)N(Cc2ccc(NC(=O)c3cnco3)cc2)N=C1c1ccc(OCF)c(OC)c1. The Bertz CT molecular complexity index is 1220. The summed E-state index contributed by atoms with van der Waals surface area (Å²) in [6.07, 6.45) is 3.22. The van der Waals surface area contributed by atoms with Gasteiger partial charge in [-0.05, 0) is 42.3 Å². The van der Waals surface area contributed by atoms with Gasteiger partial charge in [0.15, 0.2) is 17.9 Å². The molecular weight excluding hydrogens is 475 g/mol. The molecule has 3 aromatic rings. The number of aromatic nitrogens is 1. The molecule has 0 bridgehead atoms. The van der Waals surface area contributed by atoms with Gasteiger partial charge in [0, 0.05) is 11.3 Å². The van der Waals surface area contributed by atoms with E-state index in [4.69, 9.17) is 13.9 Å². The zero-order valence-corrected chi connectivity index (χ0v) is 19.9. The molecule has 0 saturated carbocycles. The minimum Gasteiger partial charge on any atom is -0.493 e. The Morgan fingerprint density at radius 1 is 1.23 bits per heavy atom. The minimum atomic E-state index is -0.963. The summed E-state index contributed by atoms with van der Waals surface area (Å²) in [5, 5.41) is 8.49. The molecule has 35 heavy (non-hydrogen) atoms. The lowest BCUT2D eigenvalue weighted by Crippen LogP contribution is -2.34. The number of thioether (sulfide) groups is 1. The molecule has 0 fully saturated rings. The van der Waals surface area contributed by atoms with E-state index in [-0.39, 0.29) is 22.8 Å². The lowest BCUT2D eigenvalue weighted by Gasteiger charge is -2.28. The third-order valence-electron chi connectivity index (χ3n) is 5.23. The zero-order valence-electron chi connectivity index (χ0n) is 19.1. The Labute approximate surface area is 205 Å². The van der Waals surface area contributed by atoms with Gasteiger partial charge in [-0.15, -0.1) is 0 Å². The summed E-state index contributed by atoms with van der Waals surface area (Å²) in [5.74, 6) is 0.378. The quantitative estimate of drug-likeness (QED) is 0.438. The number of amides is 2. The lowest BCUT2D eigenvalue weighted by molar-refractivity contribution is 0.0996. The van der Waals surface area contributed by atoms with Crippen molar-refractivity contribution in [2.45, 2.75) is 25.1 Å². The van der Waals surface area contributed by atoms with Crippen molar-refractivity contribution >= 4 is 34.3 Å². The number of benzene rings is 2. The highest BCUT2D eigenvalue weighted by Crippen LogP contribution is 2.34. The molecule has 11 heteroatoms. The highest BCUT2D eigenvalue weighted by molar-refractivity contribution is 8.14. The Hall–Kier alpha value is -3.86. The number of anilines is 1.